The molecule has 1 aromatic carbocycles. The maximum atomic E-state index is 11.9. The Morgan fingerprint density at radius 3 is 2.76 bits per heavy atom. The van der Waals surface area contributed by atoms with Gasteiger partial charge in [-0.25, -0.2) is 4.99 Å². The fourth-order valence-corrected chi connectivity index (χ4v) is 2.94. The van der Waals surface area contributed by atoms with E-state index < -0.39 is 0 Å². The fraction of sp³-hybridized carbons (Fsp3) is 0.391. The molecular weight excluding hydrogens is 364 g/mol. The number of nitrogens with zero attached hydrogens (tertiary/aromatic N) is 2. The molecule has 156 valence electrons. The molecule has 0 unspecified atom stereocenters. The van der Waals surface area contributed by atoms with Crippen LogP contribution >= 0.6 is 0 Å². The third-order valence-electron chi connectivity index (χ3n) is 4.45. The zero-order valence-electron chi connectivity index (χ0n) is 17.5. The number of pyridine rings is 1. The summed E-state index contributed by atoms with van der Waals surface area (Å²) in [7, 11) is 0. The van der Waals surface area contributed by atoms with Gasteiger partial charge in [-0.15, -0.1) is 0 Å². The number of ether oxygens (including phenoxy) is 1. The van der Waals surface area contributed by atoms with Crippen molar-refractivity contribution >= 4 is 5.96 Å². The molecule has 0 fully saturated rings. The van der Waals surface area contributed by atoms with E-state index in [1.54, 1.807) is 18.2 Å². The van der Waals surface area contributed by atoms with Crippen molar-refractivity contribution in [1.82, 2.24) is 15.2 Å². The van der Waals surface area contributed by atoms with Crippen molar-refractivity contribution < 1.29 is 4.74 Å². The maximum Gasteiger partial charge on any atom is 0.250 e. The third kappa shape index (κ3) is 7.49. The van der Waals surface area contributed by atoms with Gasteiger partial charge in [-0.05, 0) is 38.8 Å². The van der Waals surface area contributed by atoms with Crippen LogP contribution in [0.1, 0.15) is 31.0 Å². The molecule has 0 aliphatic carbocycles. The van der Waals surface area contributed by atoms with E-state index in [9.17, 15) is 4.79 Å². The Hall–Kier alpha value is -3.02. The maximum absolute atomic E-state index is 11.9. The van der Waals surface area contributed by atoms with E-state index in [0.29, 0.717) is 13.2 Å². The summed E-state index contributed by atoms with van der Waals surface area (Å²) in [6.07, 6.45) is 3.61. The van der Waals surface area contributed by atoms with E-state index in [1.165, 1.54) is 0 Å². The first kappa shape index (κ1) is 22.3. The highest BCUT2D eigenvalue weighted by atomic mass is 16.5. The Kier molecular flexibility index (Phi) is 9.55. The van der Waals surface area contributed by atoms with Crippen molar-refractivity contribution in [2.45, 2.75) is 39.8 Å². The van der Waals surface area contributed by atoms with Crippen molar-refractivity contribution in [3.8, 4) is 5.75 Å². The number of nitrogens with one attached hydrogen (secondary N) is 2. The topological polar surface area (TPSA) is 67.7 Å². The number of rotatable bonds is 11. The summed E-state index contributed by atoms with van der Waals surface area (Å²) in [5, 5.41) is 6.63. The molecule has 0 spiro atoms. The monoisotopic (exact) mass is 396 g/mol. The van der Waals surface area contributed by atoms with Crippen LogP contribution in [-0.4, -0.2) is 30.2 Å². The normalized spacial score (nSPS) is 11.2. The van der Waals surface area contributed by atoms with Gasteiger partial charge in [0.25, 0.3) is 5.56 Å². The Morgan fingerprint density at radius 2 is 2.00 bits per heavy atom. The quantitative estimate of drug-likeness (QED) is 0.265. The molecule has 6 nitrogen and oxygen atoms in total. The van der Waals surface area contributed by atoms with E-state index in [2.05, 4.69) is 22.2 Å². The number of aromatic nitrogens is 1. The third-order valence-corrected chi connectivity index (χ3v) is 4.45. The van der Waals surface area contributed by atoms with E-state index in [4.69, 9.17) is 4.74 Å². The highest BCUT2D eigenvalue weighted by molar-refractivity contribution is 5.79. The number of hydrogen-bond acceptors (Lipinski definition) is 3. The molecule has 0 aliphatic rings. The SMILES string of the molecule is C=CCOc1ccccc1CN=C(NCC)NCCCCn1c(C)cccc1=O. The van der Waals surface area contributed by atoms with E-state index in [0.717, 1.165) is 55.4 Å². The van der Waals surface area contributed by atoms with Crippen molar-refractivity contribution in [3.05, 3.63) is 76.7 Å². The van der Waals surface area contributed by atoms with Crippen LogP contribution < -0.4 is 20.9 Å². The second-order valence-electron chi connectivity index (χ2n) is 6.69. The van der Waals surface area contributed by atoms with Crippen LogP contribution in [0.2, 0.25) is 0 Å². The molecular formula is C23H32N4O2. The average molecular weight is 397 g/mol. The lowest BCUT2D eigenvalue weighted by atomic mass is 10.2. The Morgan fingerprint density at radius 1 is 1.17 bits per heavy atom. The van der Waals surface area contributed by atoms with Gasteiger partial charge < -0.3 is 19.9 Å². The minimum Gasteiger partial charge on any atom is -0.489 e. The van der Waals surface area contributed by atoms with E-state index >= 15 is 0 Å². The average Bonchev–Trinajstić information content (AvgIpc) is 2.72. The minimum absolute atomic E-state index is 0.0604. The van der Waals surface area contributed by atoms with Crippen molar-refractivity contribution in [2.24, 2.45) is 4.99 Å². The molecule has 0 amide bonds. The lowest BCUT2D eigenvalue weighted by Crippen LogP contribution is -2.37. The van der Waals surface area contributed by atoms with Gasteiger partial charge in [-0.1, -0.05) is 36.9 Å². The first-order valence-corrected chi connectivity index (χ1v) is 10.2. The Balaban J connectivity index is 1.85. The van der Waals surface area contributed by atoms with E-state index in [1.807, 2.05) is 48.7 Å². The van der Waals surface area contributed by atoms with Gasteiger partial charge in [0.2, 0.25) is 0 Å². The van der Waals surface area contributed by atoms with Gasteiger partial charge in [-0.3, -0.25) is 4.79 Å². The molecule has 0 aliphatic heterocycles. The summed E-state index contributed by atoms with van der Waals surface area (Å²) in [5.41, 5.74) is 2.09. The van der Waals surface area contributed by atoms with Crippen LogP contribution in [0, 0.1) is 6.92 Å². The standard InChI is InChI=1S/C23H32N4O2/c1-4-17-29-21-13-7-6-12-20(21)18-26-23(24-5-2)25-15-8-9-16-27-19(3)11-10-14-22(27)28/h4,6-7,10-14H,1,5,8-9,15-18H2,2-3H3,(H2,24,25,26). The summed E-state index contributed by atoms with van der Waals surface area (Å²) >= 11 is 0. The number of guanidine groups is 1. The highest BCUT2D eigenvalue weighted by Crippen LogP contribution is 2.18. The number of aryl methyl sites for hydroxylation is 1. The lowest BCUT2D eigenvalue weighted by Gasteiger charge is -2.13. The molecule has 2 aromatic rings. The summed E-state index contributed by atoms with van der Waals surface area (Å²) in [5.74, 6) is 1.61. The van der Waals surface area contributed by atoms with Gasteiger partial charge >= 0.3 is 0 Å². The zero-order valence-corrected chi connectivity index (χ0v) is 17.5. The van der Waals surface area contributed by atoms with Crippen molar-refractivity contribution in [1.29, 1.82) is 0 Å². The van der Waals surface area contributed by atoms with Crippen LogP contribution in [-0.2, 0) is 13.1 Å². The molecule has 1 aromatic heterocycles. The Bertz CT molecular complexity index is 858. The van der Waals surface area contributed by atoms with Crippen LogP contribution in [0.3, 0.4) is 0 Å². The van der Waals surface area contributed by atoms with Crippen molar-refractivity contribution in [2.75, 3.05) is 19.7 Å². The zero-order chi connectivity index (χ0) is 20.9. The summed E-state index contributed by atoms with van der Waals surface area (Å²) < 4.78 is 7.52. The molecule has 6 heteroatoms. The lowest BCUT2D eigenvalue weighted by molar-refractivity contribution is 0.359. The highest BCUT2D eigenvalue weighted by Gasteiger charge is 2.04. The first-order valence-electron chi connectivity index (χ1n) is 10.2. The minimum atomic E-state index is 0.0604. The van der Waals surface area contributed by atoms with E-state index in [-0.39, 0.29) is 5.56 Å². The smallest absolute Gasteiger partial charge is 0.250 e. The molecule has 29 heavy (non-hydrogen) atoms. The second kappa shape index (κ2) is 12.4. The Labute approximate surface area is 173 Å². The number of hydrogen-bond donors (Lipinski definition) is 2. The molecule has 2 N–H and O–H groups in total. The van der Waals surface area contributed by atoms with Gasteiger partial charge in [0, 0.05) is 37.0 Å². The molecule has 0 bridgehead atoms. The molecule has 2 rings (SSSR count). The summed E-state index contributed by atoms with van der Waals surface area (Å²) in [6, 6.07) is 13.3. The number of benzene rings is 1. The largest absolute Gasteiger partial charge is 0.489 e. The predicted molar refractivity (Wildman–Crippen MR) is 120 cm³/mol. The second-order valence-corrected chi connectivity index (χ2v) is 6.69. The molecule has 0 saturated carbocycles. The van der Waals surface area contributed by atoms with Crippen LogP contribution in [0.5, 0.6) is 5.75 Å². The van der Waals surface area contributed by atoms with Crippen molar-refractivity contribution in [3.63, 3.8) is 0 Å². The first-order chi connectivity index (χ1) is 14.2. The van der Waals surface area contributed by atoms with Gasteiger partial charge in [0.1, 0.15) is 12.4 Å². The molecule has 0 atom stereocenters. The van der Waals surface area contributed by atoms with Crippen LogP contribution in [0.15, 0.2) is 64.9 Å². The summed E-state index contributed by atoms with van der Waals surface area (Å²) in [4.78, 5) is 16.6. The fourth-order valence-electron chi connectivity index (χ4n) is 2.94. The van der Waals surface area contributed by atoms with Gasteiger partial charge in [0.15, 0.2) is 5.96 Å². The molecule has 0 saturated heterocycles. The predicted octanol–water partition coefficient (Wildman–Crippen LogP) is 3.26. The number of aliphatic imine (C=N–C) groups is 1. The number of para-hydroxylation sites is 1. The van der Waals surface area contributed by atoms with Crippen LogP contribution in [0.4, 0.5) is 0 Å². The molecule has 0 radical (unpaired) electrons. The summed E-state index contributed by atoms with van der Waals surface area (Å²) in [6.45, 7) is 11.0. The van der Waals surface area contributed by atoms with Gasteiger partial charge in [-0.2, -0.15) is 0 Å². The molecule has 1 heterocycles. The van der Waals surface area contributed by atoms with Gasteiger partial charge in [0.05, 0.1) is 6.54 Å². The number of unbranched alkanes of at least 4 members (excludes halogenated alkanes) is 1. The van der Waals surface area contributed by atoms with Crippen LogP contribution in [0.25, 0.3) is 0 Å².